The maximum Gasteiger partial charge on any atom is 0.264 e. The molecule has 1 aliphatic rings. The average molecular weight is 457 g/mol. The van der Waals surface area contributed by atoms with Crippen molar-refractivity contribution in [2.45, 2.75) is 25.5 Å². The largest absolute Gasteiger partial charge is 0.376 e. The molecule has 5 nitrogen and oxygen atoms in total. The van der Waals surface area contributed by atoms with E-state index < -0.39 is 0 Å². The number of hydrogen-bond acceptors (Lipinski definition) is 5. The van der Waals surface area contributed by atoms with Gasteiger partial charge in [0.1, 0.15) is 0 Å². The van der Waals surface area contributed by atoms with Crippen LogP contribution in [0.15, 0.2) is 33.4 Å². The summed E-state index contributed by atoms with van der Waals surface area (Å²) in [6, 6.07) is 7.62. The van der Waals surface area contributed by atoms with Crippen LogP contribution in [0.3, 0.4) is 0 Å². The lowest BCUT2D eigenvalue weighted by molar-refractivity contribution is -0.133. The molecule has 1 atom stereocenters. The van der Waals surface area contributed by atoms with Crippen LogP contribution in [0.2, 0.25) is 0 Å². The quantitative estimate of drug-likeness (QED) is 0.635. The summed E-state index contributed by atoms with van der Waals surface area (Å²) >= 11 is 6.37. The van der Waals surface area contributed by atoms with E-state index in [9.17, 15) is 9.59 Å². The number of likely N-dealkylation sites (N-methyl/N-ethyl adjacent to an activating group) is 1. The van der Waals surface area contributed by atoms with E-state index in [0.717, 1.165) is 28.1 Å². The highest BCUT2D eigenvalue weighted by molar-refractivity contribution is 9.11. The molecule has 3 rings (SSSR count). The van der Waals surface area contributed by atoms with Crippen molar-refractivity contribution < 1.29 is 14.3 Å². The zero-order valence-corrected chi connectivity index (χ0v) is 17.7. The highest BCUT2D eigenvalue weighted by Gasteiger charge is 2.25. The van der Waals surface area contributed by atoms with Gasteiger partial charge in [-0.1, -0.05) is 6.07 Å². The van der Waals surface area contributed by atoms with Crippen LogP contribution in [0.5, 0.6) is 0 Å². The zero-order valence-electron chi connectivity index (χ0n) is 14.5. The molecule has 1 aliphatic heterocycles. The van der Waals surface area contributed by atoms with Crippen molar-refractivity contribution in [1.29, 1.82) is 0 Å². The lowest BCUT2D eigenvalue weighted by Crippen LogP contribution is -2.43. The fourth-order valence-corrected chi connectivity index (χ4v) is 4.97. The summed E-state index contributed by atoms with van der Waals surface area (Å²) in [5.41, 5.74) is 0. The van der Waals surface area contributed by atoms with E-state index in [-0.39, 0.29) is 24.5 Å². The van der Waals surface area contributed by atoms with E-state index in [2.05, 4.69) is 15.9 Å². The van der Waals surface area contributed by atoms with Gasteiger partial charge in [0.2, 0.25) is 5.91 Å². The van der Waals surface area contributed by atoms with E-state index in [0.29, 0.717) is 18.0 Å². The normalized spacial score (nSPS) is 16.6. The molecule has 0 spiro atoms. The summed E-state index contributed by atoms with van der Waals surface area (Å²) in [4.78, 5) is 30.4. The van der Waals surface area contributed by atoms with Crippen molar-refractivity contribution in [2.24, 2.45) is 0 Å². The number of thiophene rings is 2. The van der Waals surface area contributed by atoms with Crippen molar-refractivity contribution in [3.63, 3.8) is 0 Å². The molecular formula is C18H21BrN2O3S2. The van der Waals surface area contributed by atoms with Crippen LogP contribution in [0.4, 0.5) is 0 Å². The van der Waals surface area contributed by atoms with Crippen molar-refractivity contribution in [3.8, 4) is 0 Å². The zero-order chi connectivity index (χ0) is 18.5. The summed E-state index contributed by atoms with van der Waals surface area (Å²) in [5.74, 6) is -0.192. The average Bonchev–Trinajstić information content (AvgIpc) is 3.36. The van der Waals surface area contributed by atoms with Crippen molar-refractivity contribution >= 4 is 50.4 Å². The molecule has 2 aromatic rings. The summed E-state index contributed by atoms with van der Waals surface area (Å²) < 4.78 is 6.60. The predicted octanol–water partition coefficient (Wildman–Crippen LogP) is 3.85. The molecule has 0 radical (unpaired) electrons. The van der Waals surface area contributed by atoms with Gasteiger partial charge in [-0.2, -0.15) is 0 Å². The summed E-state index contributed by atoms with van der Waals surface area (Å²) in [6.07, 6.45) is 2.11. The third-order valence-electron chi connectivity index (χ3n) is 4.23. The lowest BCUT2D eigenvalue weighted by Gasteiger charge is -2.27. The first-order chi connectivity index (χ1) is 12.5. The van der Waals surface area contributed by atoms with E-state index in [1.54, 1.807) is 24.5 Å². The minimum absolute atomic E-state index is 0.0552. The number of carbonyl (C=O) groups excluding carboxylic acids is 2. The third kappa shape index (κ3) is 5.16. The van der Waals surface area contributed by atoms with Crippen LogP contribution >= 0.6 is 38.6 Å². The smallest absolute Gasteiger partial charge is 0.264 e. The van der Waals surface area contributed by atoms with Gasteiger partial charge in [0.25, 0.3) is 5.91 Å². The molecule has 3 heterocycles. The number of rotatable bonds is 7. The van der Waals surface area contributed by atoms with Gasteiger partial charge in [-0.05, 0) is 52.4 Å². The maximum atomic E-state index is 12.9. The molecular weight excluding hydrogens is 436 g/mol. The Bertz CT molecular complexity index is 741. The van der Waals surface area contributed by atoms with Crippen LogP contribution < -0.4 is 0 Å². The van der Waals surface area contributed by atoms with Gasteiger partial charge >= 0.3 is 0 Å². The highest BCUT2D eigenvalue weighted by atomic mass is 79.9. The van der Waals surface area contributed by atoms with Crippen LogP contribution in [0, 0.1) is 0 Å². The highest BCUT2D eigenvalue weighted by Crippen LogP contribution is 2.23. The van der Waals surface area contributed by atoms with Gasteiger partial charge in [-0.15, -0.1) is 22.7 Å². The van der Waals surface area contributed by atoms with Gasteiger partial charge in [-0.25, -0.2) is 0 Å². The number of amides is 2. The van der Waals surface area contributed by atoms with Crippen LogP contribution in [0.1, 0.15) is 27.4 Å². The second-order valence-electron chi connectivity index (χ2n) is 6.25. The molecule has 2 amide bonds. The van der Waals surface area contributed by atoms with Gasteiger partial charge in [-0.3, -0.25) is 9.59 Å². The van der Waals surface area contributed by atoms with Gasteiger partial charge < -0.3 is 14.5 Å². The molecule has 2 aromatic heterocycles. The van der Waals surface area contributed by atoms with Gasteiger partial charge in [0, 0.05) is 25.1 Å². The van der Waals surface area contributed by atoms with E-state index in [4.69, 9.17) is 4.74 Å². The minimum Gasteiger partial charge on any atom is -0.376 e. The Morgan fingerprint density at radius 1 is 1.35 bits per heavy atom. The molecule has 1 unspecified atom stereocenters. The third-order valence-corrected chi connectivity index (χ3v) is 6.70. The van der Waals surface area contributed by atoms with Crippen LogP contribution in [0.25, 0.3) is 0 Å². The van der Waals surface area contributed by atoms with Crippen molar-refractivity contribution in [3.05, 3.63) is 43.2 Å². The predicted molar refractivity (Wildman–Crippen MR) is 108 cm³/mol. The number of nitrogens with zero attached hydrogens (tertiary/aromatic N) is 2. The Morgan fingerprint density at radius 3 is 2.81 bits per heavy atom. The van der Waals surface area contributed by atoms with Crippen molar-refractivity contribution in [2.75, 3.05) is 26.7 Å². The Kier molecular flexibility index (Phi) is 6.86. The van der Waals surface area contributed by atoms with Crippen LogP contribution in [-0.2, 0) is 16.1 Å². The lowest BCUT2D eigenvalue weighted by atomic mass is 10.2. The standard InChI is InChI=1S/C18H21BrN2O3S2/c1-20(18(23)15-6-7-16(19)26-15)12-17(22)21(10-13-4-2-8-24-13)11-14-5-3-9-25-14/h3,5-7,9,13H,2,4,8,10-12H2,1H3. The number of ether oxygens (including phenoxy) is 1. The fourth-order valence-electron chi connectivity index (χ4n) is 2.87. The molecule has 1 fully saturated rings. The first-order valence-corrected chi connectivity index (χ1v) is 10.9. The molecule has 1 saturated heterocycles. The first-order valence-electron chi connectivity index (χ1n) is 8.45. The Balaban J connectivity index is 1.64. The van der Waals surface area contributed by atoms with Crippen molar-refractivity contribution in [1.82, 2.24) is 9.80 Å². The Labute approximate surface area is 169 Å². The molecule has 0 N–H and O–H groups in total. The number of hydrogen-bond donors (Lipinski definition) is 0. The monoisotopic (exact) mass is 456 g/mol. The second kappa shape index (κ2) is 9.12. The Morgan fingerprint density at radius 2 is 2.19 bits per heavy atom. The summed E-state index contributed by atoms with van der Waals surface area (Å²) in [7, 11) is 1.67. The maximum absolute atomic E-state index is 12.9. The molecule has 0 bridgehead atoms. The SMILES string of the molecule is CN(CC(=O)N(Cc1cccs1)CC1CCCO1)C(=O)c1ccc(Br)s1. The first kappa shape index (κ1) is 19.5. The van der Waals surface area contributed by atoms with E-state index in [1.807, 2.05) is 28.5 Å². The fraction of sp³-hybridized carbons (Fsp3) is 0.444. The van der Waals surface area contributed by atoms with Gasteiger partial charge in [0.05, 0.1) is 27.9 Å². The molecule has 0 aromatic carbocycles. The molecule has 140 valence electrons. The number of carbonyl (C=O) groups is 2. The number of halogens is 1. The molecule has 0 saturated carbocycles. The molecule has 0 aliphatic carbocycles. The second-order valence-corrected chi connectivity index (χ2v) is 9.75. The Hall–Kier alpha value is -1.22. The van der Waals surface area contributed by atoms with E-state index in [1.165, 1.54) is 16.2 Å². The van der Waals surface area contributed by atoms with Gasteiger partial charge in [0.15, 0.2) is 0 Å². The minimum atomic E-state index is -0.137. The molecule has 26 heavy (non-hydrogen) atoms. The topological polar surface area (TPSA) is 49.9 Å². The summed E-state index contributed by atoms with van der Waals surface area (Å²) in [6.45, 7) is 1.95. The summed E-state index contributed by atoms with van der Waals surface area (Å²) in [5, 5.41) is 2.01. The molecule has 8 heteroatoms. The van der Waals surface area contributed by atoms with Crippen LogP contribution in [-0.4, -0.2) is 54.5 Å². The van der Waals surface area contributed by atoms with E-state index >= 15 is 0 Å².